The maximum Gasteiger partial charge on any atom is 0.0229 e. The zero-order chi connectivity index (χ0) is 10.4. The summed E-state index contributed by atoms with van der Waals surface area (Å²) in [5.74, 6) is 0.955. The zero-order valence-corrected chi connectivity index (χ0v) is 11.4. The summed E-state index contributed by atoms with van der Waals surface area (Å²) in [5, 5.41) is 0. The largest absolute Gasteiger partial charge is 0.0856 e. The molecule has 1 fully saturated rings. The topological polar surface area (TPSA) is 0 Å². The van der Waals surface area contributed by atoms with E-state index in [1.54, 1.807) is 0 Å². The molecular weight excluding hydrogens is 236 g/mol. The van der Waals surface area contributed by atoms with Gasteiger partial charge in [-0.25, -0.2) is 0 Å². The van der Waals surface area contributed by atoms with Crippen molar-refractivity contribution in [2.24, 2.45) is 5.92 Å². The third-order valence-electron chi connectivity index (χ3n) is 3.54. The number of halogens is 1. The van der Waals surface area contributed by atoms with Gasteiger partial charge >= 0.3 is 0 Å². The minimum atomic E-state index is 0.428. The van der Waals surface area contributed by atoms with Gasteiger partial charge in [-0.2, -0.15) is 0 Å². The maximum atomic E-state index is 3.88. The number of rotatable bonds is 0. The van der Waals surface area contributed by atoms with Crippen molar-refractivity contribution in [2.45, 2.75) is 76.0 Å². The average molecular weight is 261 g/mol. The average Bonchev–Trinajstić information content (AvgIpc) is 2.12. The Kier molecular flexibility index (Phi) is 5.51. The monoisotopic (exact) mass is 260 g/mol. The van der Waals surface area contributed by atoms with E-state index in [1.165, 1.54) is 57.8 Å². The predicted octanol–water partition coefficient (Wildman–Crippen LogP) is 5.30. The van der Waals surface area contributed by atoms with E-state index in [0.717, 1.165) is 5.92 Å². The molecule has 0 aromatic rings. The quantitative estimate of drug-likeness (QED) is 0.519. The van der Waals surface area contributed by atoms with Gasteiger partial charge in [0.15, 0.2) is 0 Å². The molecule has 0 saturated heterocycles. The molecule has 0 aromatic carbocycles. The van der Waals surface area contributed by atoms with Gasteiger partial charge in [-0.1, -0.05) is 67.8 Å². The normalized spacial score (nSPS) is 37.5. The molecule has 0 radical (unpaired) electrons. The highest BCUT2D eigenvalue weighted by molar-refractivity contribution is 9.10. The summed E-state index contributed by atoms with van der Waals surface area (Å²) in [6.45, 7) is 4.79. The molecular formula is C13H25Br. The summed E-state index contributed by atoms with van der Waals surface area (Å²) in [5.41, 5.74) is 0. The van der Waals surface area contributed by atoms with Crippen molar-refractivity contribution in [3.8, 4) is 0 Å². The Morgan fingerprint density at radius 2 is 1.50 bits per heavy atom. The first-order valence-corrected chi connectivity index (χ1v) is 7.08. The van der Waals surface area contributed by atoms with Crippen LogP contribution in [0, 0.1) is 5.92 Å². The van der Waals surface area contributed by atoms with Crippen LogP contribution in [0.15, 0.2) is 0 Å². The van der Waals surface area contributed by atoms with Crippen molar-refractivity contribution in [3.05, 3.63) is 0 Å². The van der Waals surface area contributed by atoms with E-state index in [4.69, 9.17) is 0 Å². The van der Waals surface area contributed by atoms with Crippen LogP contribution in [0.5, 0.6) is 0 Å². The molecule has 84 valence electrons. The highest BCUT2D eigenvalue weighted by atomic mass is 79.9. The van der Waals surface area contributed by atoms with E-state index in [9.17, 15) is 0 Å². The minimum Gasteiger partial charge on any atom is -0.0856 e. The molecule has 0 spiro atoms. The summed E-state index contributed by atoms with van der Waals surface area (Å²) in [6.07, 6.45) is 12.8. The van der Waals surface area contributed by atoms with Gasteiger partial charge in [-0.15, -0.1) is 0 Å². The third kappa shape index (κ3) is 5.38. The van der Waals surface area contributed by atoms with E-state index in [-0.39, 0.29) is 0 Å². The molecule has 0 heterocycles. The zero-order valence-electron chi connectivity index (χ0n) is 9.82. The Balaban J connectivity index is 2.36. The third-order valence-corrected chi connectivity index (χ3v) is 4.33. The first-order valence-electron chi connectivity index (χ1n) is 6.29. The first kappa shape index (κ1) is 12.5. The van der Waals surface area contributed by atoms with Crippen LogP contribution in [0.4, 0.5) is 0 Å². The first-order chi connectivity index (χ1) is 6.60. The maximum absolute atomic E-state index is 3.88. The van der Waals surface area contributed by atoms with Crippen LogP contribution in [0.1, 0.15) is 71.6 Å². The molecule has 1 aliphatic rings. The van der Waals surface area contributed by atoms with Gasteiger partial charge < -0.3 is 0 Å². The van der Waals surface area contributed by atoms with Gasteiger partial charge in [0.25, 0.3) is 0 Å². The molecule has 1 rings (SSSR count). The molecule has 2 unspecified atom stereocenters. The van der Waals surface area contributed by atoms with Gasteiger partial charge in [0.05, 0.1) is 0 Å². The van der Waals surface area contributed by atoms with Crippen LogP contribution in [-0.2, 0) is 0 Å². The van der Waals surface area contributed by atoms with Gasteiger partial charge in [0.2, 0.25) is 0 Å². The fraction of sp³-hybridized carbons (Fsp3) is 1.00. The van der Waals surface area contributed by atoms with Crippen LogP contribution in [0.2, 0.25) is 0 Å². The minimum absolute atomic E-state index is 0.428. The van der Waals surface area contributed by atoms with Crippen LogP contribution < -0.4 is 0 Å². The van der Waals surface area contributed by atoms with Gasteiger partial charge in [0, 0.05) is 4.32 Å². The van der Waals surface area contributed by atoms with E-state index in [1.807, 2.05) is 0 Å². The Bertz CT molecular complexity index is 151. The summed E-state index contributed by atoms with van der Waals surface area (Å²) >= 11 is 3.88. The molecule has 0 nitrogen and oxygen atoms in total. The fourth-order valence-corrected chi connectivity index (χ4v) is 2.99. The highest BCUT2D eigenvalue weighted by Crippen LogP contribution is 2.32. The van der Waals surface area contributed by atoms with E-state index in [0.29, 0.717) is 4.32 Å². The SMILES string of the molecule is CC1CCCCCCC(C)(Br)CCC1. The molecule has 0 N–H and O–H groups in total. The van der Waals surface area contributed by atoms with Crippen molar-refractivity contribution in [1.82, 2.24) is 0 Å². The lowest BCUT2D eigenvalue weighted by molar-refractivity contribution is 0.435. The molecule has 0 bridgehead atoms. The van der Waals surface area contributed by atoms with E-state index >= 15 is 0 Å². The van der Waals surface area contributed by atoms with Gasteiger partial charge in [-0.05, 0) is 25.7 Å². The lowest BCUT2D eigenvalue weighted by Crippen LogP contribution is -2.15. The number of alkyl halides is 1. The van der Waals surface area contributed by atoms with Crippen LogP contribution >= 0.6 is 15.9 Å². The van der Waals surface area contributed by atoms with E-state index in [2.05, 4.69) is 29.8 Å². The number of hydrogen-bond donors (Lipinski definition) is 0. The molecule has 1 saturated carbocycles. The van der Waals surface area contributed by atoms with Gasteiger partial charge in [0.1, 0.15) is 0 Å². The molecule has 2 atom stereocenters. The van der Waals surface area contributed by atoms with Gasteiger partial charge in [-0.3, -0.25) is 0 Å². The molecule has 1 heteroatoms. The van der Waals surface area contributed by atoms with Crippen molar-refractivity contribution >= 4 is 15.9 Å². The lowest BCUT2D eigenvalue weighted by Gasteiger charge is -2.22. The smallest absolute Gasteiger partial charge is 0.0229 e. The Hall–Kier alpha value is 0.480. The molecule has 1 aliphatic carbocycles. The Labute approximate surface area is 98.0 Å². The summed E-state index contributed by atoms with van der Waals surface area (Å²) in [4.78, 5) is 0. The van der Waals surface area contributed by atoms with Crippen molar-refractivity contribution in [3.63, 3.8) is 0 Å². The second-order valence-electron chi connectivity index (χ2n) is 5.36. The van der Waals surface area contributed by atoms with E-state index < -0.39 is 0 Å². The Morgan fingerprint density at radius 1 is 0.929 bits per heavy atom. The standard InChI is InChI=1S/C13H25Br/c1-12-8-5-3-4-6-10-13(2,14)11-7-9-12/h12H,3-11H2,1-2H3. The molecule has 14 heavy (non-hydrogen) atoms. The van der Waals surface area contributed by atoms with Crippen LogP contribution in [0.25, 0.3) is 0 Å². The lowest BCUT2D eigenvalue weighted by atomic mass is 9.94. The number of hydrogen-bond acceptors (Lipinski definition) is 0. The summed E-state index contributed by atoms with van der Waals surface area (Å²) < 4.78 is 0.428. The van der Waals surface area contributed by atoms with Crippen molar-refractivity contribution in [1.29, 1.82) is 0 Å². The second-order valence-corrected chi connectivity index (χ2v) is 7.28. The predicted molar refractivity (Wildman–Crippen MR) is 68.0 cm³/mol. The van der Waals surface area contributed by atoms with Crippen LogP contribution in [-0.4, -0.2) is 4.32 Å². The summed E-state index contributed by atoms with van der Waals surface area (Å²) in [6, 6.07) is 0. The second kappa shape index (κ2) is 6.15. The molecule has 0 amide bonds. The Morgan fingerprint density at radius 3 is 2.29 bits per heavy atom. The molecule has 0 aliphatic heterocycles. The van der Waals surface area contributed by atoms with Crippen molar-refractivity contribution < 1.29 is 0 Å². The van der Waals surface area contributed by atoms with Crippen molar-refractivity contribution in [2.75, 3.05) is 0 Å². The fourth-order valence-electron chi connectivity index (χ4n) is 2.43. The van der Waals surface area contributed by atoms with Crippen LogP contribution in [0.3, 0.4) is 0 Å². The summed E-state index contributed by atoms with van der Waals surface area (Å²) in [7, 11) is 0. The molecule has 0 aromatic heterocycles. The highest BCUT2D eigenvalue weighted by Gasteiger charge is 2.20.